The SMILES string of the molecule is COC(=O)c1cc(O)ccc1-c1ccc(OC)cc1. The third-order valence-electron chi connectivity index (χ3n) is 2.81. The summed E-state index contributed by atoms with van der Waals surface area (Å²) in [6.07, 6.45) is 0. The average molecular weight is 258 g/mol. The molecule has 0 aromatic heterocycles. The molecule has 0 aliphatic heterocycles. The van der Waals surface area contributed by atoms with Crippen LogP contribution in [0.15, 0.2) is 42.5 Å². The Labute approximate surface area is 111 Å². The van der Waals surface area contributed by atoms with Crippen LogP contribution in [0.5, 0.6) is 11.5 Å². The van der Waals surface area contributed by atoms with Crippen LogP contribution in [0.3, 0.4) is 0 Å². The van der Waals surface area contributed by atoms with E-state index in [4.69, 9.17) is 9.47 Å². The van der Waals surface area contributed by atoms with E-state index in [0.29, 0.717) is 11.1 Å². The van der Waals surface area contributed by atoms with Crippen molar-refractivity contribution in [3.05, 3.63) is 48.0 Å². The Balaban J connectivity index is 2.51. The molecule has 0 amide bonds. The summed E-state index contributed by atoms with van der Waals surface area (Å²) < 4.78 is 9.81. The maximum Gasteiger partial charge on any atom is 0.338 e. The summed E-state index contributed by atoms with van der Waals surface area (Å²) in [4.78, 5) is 11.7. The van der Waals surface area contributed by atoms with Crippen LogP contribution in [0, 0.1) is 0 Å². The van der Waals surface area contributed by atoms with Crippen molar-refractivity contribution in [2.45, 2.75) is 0 Å². The normalized spacial score (nSPS) is 10.0. The quantitative estimate of drug-likeness (QED) is 0.860. The molecule has 1 N–H and O–H groups in total. The lowest BCUT2D eigenvalue weighted by Gasteiger charge is -2.09. The van der Waals surface area contributed by atoms with E-state index < -0.39 is 5.97 Å². The van der Waals surface area contributed by atoms with Gasteiger partial charge in [0.2, 0.25) is 0 Å². The van der Waals surface area contributed by atoms with Crippen molar-refractivity contribution in [2.75, 3.05) is 14.2 Å². The molecular formula is C15H14O4. The molecule has 2 aromatic rings. The molecule has 0 bridgehead atoms. The van der Waals surface area contributed by atoms with E-state index in [0.717, 1.165) is 11.3 Å². The maximum absolute atomic E-state index is 11.7. The number of carbonyl (C=O) groups is 1. The first-order chi connectivity index (χ1) is 9.15. The van der Waals surface area contributed by atoms with Gasteiger partial charge < -0.3 is 14.6 Å². The maximum atomic E-state index is 11.7. The molecule has 0 heterocycles. The fourth-order valence-electron chi connectivity index (χ4n) is 1.83. The van der Waals surface area contributed by atoms with Gasteiger partial charge in [-0.25, -0.2) is 4.79 Å². The standard InChI is InChI=1S/C15H14O4/c1-18-12-6-3-10(4-7-12)13-8-5-11(16)9-14(13)15(17)19-2/h3-9,16H,1-2H3. The van der Waals surface area contributed by atoms with Gasteiger partial charge >= 0.3 is 5.97 Å². The number of esters is 1. The minimum atomic E-state index is -0.485. The van der Waals surface area contributed by atoms with Gasteiger partial charge in [-0.3, -0.25) is 0 Å². The number of ether oxygens (including phenoxy) is 2. The van der Waals surface area contributed by atoms with Gasteiger partial charge in [0.15, 0.2) is 0 Å². The summed E-state index contributed by atoms with van der Waals surface area (Å²) in [6, 6.07) is 11.9. The number of methoxy groups -OCH3 is 2. The minimum Gasteiger partial charge on any atom is -0.508 e. The van der Waals surface area contributed by atoms with E-state index in [1.54, 1.807) is 13.2 Å². The summed E-state index contributed by atoms with van der Waals surface area (Å²) in [5.74, 6) is 0.279. The number of phenols is 1. The Hall–Kier alpha value is -2.49. The summed E-state index contributed by atoms with van der Waals surface area (Å²) in [5.41, 5.74) is 1.88. The highest BCUT2D eigenvalue weighted by Crippen LogP contribution is 2.28. The Morgan fingerprint density at radius 1 is 1.05 bits per heavy atom. The van der Waals surface area contributed by atoms with Crippen molar-refractivity contribution in [3.63, 3.8) is 0 Å². The third kappa shape index (κ3) is 2.68. The lowest BCUT2D eigenvalue weighted by Crippen LogP contribution is -2.03. The van der Waals surface area contributed by atoms with Gasteiger partial charge in [0, 0.05) is 0 Å². The lowest BCUT2D eigenvalue weighted by atomic mass is 9.99. The summed E-state index contributed by atoms with van der Waals surface area (Å²) in [7, 11) is 2.90. The van der Waals surface area contributed by atoms with Crippen LogP contribution >= 0.6 is 0 Å². The van der Waals surface area contributed by atoms with E-state index >= 15 is 0 Å². The average Bonchev–Trinajstić information content (AvgIpc) is 2.46. The number of phenolic OH excluding ortho intramolecular Hbond substituents is 1. The number of hydrogen-bond donors (Lipinski definition) is 1. The molecule has 0 spiro atoms. The molecule has 4 nitrogen and oxygen atoms in total. The van der Waals surface area contributed by atoms with E-state index in [-0.39, 0.29) is 5.75 Å². The fraction of sp³-hybridized carbons (Fsp3) is 0.133. The van der Waals surface area contributed by atoms with Crippen LogP contribution in [-0.2, 0) is 4.74 Å². The number of hydrogen-bond acceptors (Lipinski definition) is 4. The van der Waals surface area contributed by atoms with Gasteiger partial charge in [-0.05, 0) is 41.5 Å². The number of aromatic hydroxyl groups is 1. The highest BCUT2D eigenvalue weighted by molar-refractivity contribution is 5.97. The molecule has 2 rings (SSSR count). The van der Waals surface area contributed by atoms with Gasteiger partial charge in [-0.1, -0.05) is 12.1 Å². The lowest BCUT2D eigenvalue weighted by molar-refractivity contribution is 0.0601. The van der Waals surface area contributed by atoms with E-state index in [2.05, 4.69) is 0 Å². The van der Waals surface area contributed by atoms with Gasteiger partial charge in [-0.15, -0.1) is 0 Å². The van der Waals surface area contributed by atoms with Crippen molar-refractivity contribution >= 4 is 5.97 Å². The highest BCUT2D eigenvalue weighted by Gasteiger charge is 2.14. The van der Waals surface area contributed by atoms with Crippen LogP contribution in [0.25, 0.3) is 11.1 Å². The van der Waals surface area contributed by atoms with Crippen molar-refractivity contribution in [1.29, 1.82) is 0 Å². The molecule has 0 unspecified atom stereocenters. The Morgan fingerprint density at radius 3 is 2.32 bits per heavy atom. The van der Waals surface area contributed by atoms with Gasteiger partial charge in [0.1, 0.15) is 11.5 Å². The van der Waals surface area contributed by atoms with Crippen LogP contribution in [0.2, 0.25) is 0 Å². The number of rotatable bonds is 3. The molecule has 0 aliphatic carbocycles. The molecule has 0 radical (unpaired) electrons. The zero-order valence-corrected chi connectivity index (χ0v) is 10.7. The van der Waals surface area contributed by atoms with E-state index in [9.17, 15) is 9.90 Å². The van der Waals surface area contributed by atoms with Gasteiger partial charge in [0.05, 0.1) is 19.8 Å². The Kier molecular flexibility index (Phi) is 3.71. The summed E-state index contributed by atoms with van der Waals surface area (Å²) in [5, 5.41) is 9.48. The molecule has 19 heavy (non-hydrogen) atoms. The van der Waals surface area contributed by atoms with Crippen LogP contribution in [-0.4, -0.2) is 25.3 Å². The van der Waals surface area contributed by atoms with Crippen molar-refractivity contribution < 1.29 is 19.4 Å². The topological polar surface area (TPSA) is 55.8 Å². The second-order valence-corrected chi connectivity index (χ2v) is 3.95. The van der Waals surface area contributed by atoms with Gasteiger partial charge in [0.25, 0.3) is 0 Å². The predicted octanol–water partition coefficient (Wildman–Crippen LogP) is 2.85. The Morgan fingerprint density at radius 2 is 1.74 bits per heavy atom. The van der Waals surface area contributed by atoms with Crippen LogP contribution in [0.1, 0.15) is 10.4 Å². The zero-order chi connectivity index (χ0) is 13.8. The molecule has 98 valence electrons. The molecule has 0 atom stereocenters. The third-order valence-corrected chi connectivity index (χ3v) is 2.81. The number of benzene rings is 2. The summed E-state index contributed by atoms with van der Waals surface area (Å²) >= 11 is 0. The molecule has 4 heteroatoms. The second-order valence-electron chi connectivity index (χ2n) is 3.95. The highest BCUT2D eigenvalue weighted by atomic mass is 16.5. The predicted molar refractivity (Wildman–Crippen MR) is 71.4 cm³/mol. The Bertz CT molecular complexity index is 588. The first-order valence-electron chi connectivity index (χ1n) is 5.71. The fourth-order valence-corrected chi connectivity index (χ4v) is 1.83. The van der Waals surface area contributed by atoms with E-state index in [1.807, 2.05) is 24.3 Å². The van der Waals surface area contributed by atoms with Crippen LogP contribution < -0.4 is 4.74 Å². The smallest absolute Gasteiger partial charge is 0.338 e. The van der Waals surface area contributed by atoms with E-state index in [1.165, 1.54) is 19.2 Å². The zero-order valence-electron chi connectivity index (χ0n) is 10.7. The molecule has 0 saturated carbocycles. The van der Waals surface area contributed by atoms with Crippen molar-refractivity contribution in [2.24, 2.45) is 0 Å². The molecule has 0 aliphatic rings. The largest absolute Gasteiger partial charge is 0.508 e. The molecule has 2 aromatic carbocycles. The minimum absolute atomic E-state index is 0.0256. The second kappa shape index (κ2) is 5.44. The van der Waals surface area contributed by atoms with Crippen molar-refractivity contribution in [3.8, 4) is 22.6 Å². The van der Waals surface area contributed by atoms with Gasteiger partial charge in [-0.2, -0.15) is 0 Å². The summed E-state index contributed by atoms with van der Waals surface area (Å²) in [6.45, 7) is 0. The first-order valence-corrected chi connectivity index (χ1v) is 5.71. The molecule has 0 saturated heterocycles. The molecule has 0 fully saturated rings. The molecular weight excluding hydrogens is 244 g/mol. The number of carbonyl (C=O) groups excluding carboxylic acids is 1. The van der Waals surface area contributed by atoms with Crippen LogP contribution in [0.4, 0.5) is 0 Å². The first kappa shape index (κ1) is 13.0. The van der Waals surface area contributed by atoms with Crippen molar-refractivity contribution in [1.82, 2.24) is 0 Å². The monoisotopic (exact) mass is 258 g/mol.